The molecule has 23 heavy (non-hydrogen) atoms. The molecule has 0 aliphatic carbocycles. The molecule has 0 unspecified atom stereocenters. The van der Waals surface area contributed by atoms with E-state index in [4.69, 9.17) is 4.42 Å². The first-order valence-electron chi connectivity index (χ1n) is 7.17. The number of amides is 2. The van der Waals surface area contributed by atoms with Gasteiger partial charge in [-0.25, -0.2) is 0 Å². The van der Waals surface area contributed by atoms with E-state index in [0.717, 1.165) is 9.35 Å². The molecular weight excluding hydrogens is 336 g/mol. The smallest absolute Gasteiger partial charge is 0.289 e. The third-order valence-electron chi connectivity index (χ3n) is 3.48. The second-order valence-electron chi connectivity index (χ2n) is 5.03. The maximum Gasteiger partial charge on any atom is 0.289 e. The maximum absolute atomic E-state index is 12.2. The molecule has 7 nitrogen and oxygen atoms in total. The summed E-state index contributed by atoms with van der Waals surface area (Å²) in [7, 11) is 0. The highest BCUT2D eigenvalue weighted by atomic mass is 32.2. The van der Waals surface area contributed by atoms with Crippen LogP contribution >= 0.6 is 23.1 Å². The minimum Gasteiger partial charge on any atom is -0.459 e. The minimum atomic E-state index is -0.124. The van der Waals surface area contributed by atoms with E-state index in [1.54, 1.807) is 21.9 Å². The van der Waals surface area contributed by atoms with E-state index in [-0.39, 0.29) is 11.8 Å². The van der Waals surface area contributed by atoms with Crippen LogP contribution in [0.4, 0.5) is 0 Å². The number of thioether (sulfide) groups is 1. The van der Waals surface area contributed by atoms with Gasteiger partial charge < -0.3 is 14.2 Å². The molecule has 3 heterocycles. The number of carbonyl (C=O) groups is 2. The molecule has 1 saturated heterocycles. The fourth-order valence-electron chi connectivity index (χ4n) is 2.27. The largest absolute Gasteiger partial charge is 0.459 e. The molecular formula is C14H16N4O3S2. The van der Waals surface area contributed by atoms with Gasteiger partial charge >= 0.3 is 0 Å². The van der Waals surface area contributed by atoms with Crippen LogP contribution in [0.15, 0.2) is 27.2 Å². The summed E-state index contributed by atoms with van der Waals surface area (Å²) in [4.78, 5) is 27.9. The molecule has 0 radical (unpaired) electrons. The van der Waals surface area contributed by atoms with E-state index in [1.165, 1.54) is 29.4 Å². The molecule has 9 heteroatoms. The SMILES string of the molecule is Cc1nnc(SCC(=O)N2CCN(C(=O)c3ccco3)CC2)s1. The quantitative estimate of drug-likeness (QED) is 0.776. The highest BCUT2D eigenvalue weighted by Crippen LogP contribution is 2.22. The van der Waals surface area contributed by atoms with Crippen LogP contribution in [0.1, 0.15) is 15.6 Å². The van der Waals surface area contributed by atoms with E-state index in [0.29, 0.717) is 37.7 Å². The van der Waals surface area contributed by atoms with Gasteiger partial charge in [0, 0.05) is 26.2 Å². The van der Waals surface area contributed by atoms with Crippen LogP contribution in [0.2, 0.25) is 0 Å². The van der Waals surface area contributed by atoms with Crippen molar-refractivity contribution in [1.29, 1.82) is 0 Å². The Morgan fingerprint density at radius 3 is 2.61 bits per heavy atom. The van der Waals surface area contributed by atoms with Crippen LogP contribution in [0, 0.1) is 6.92 Å². The number of furan rings is 1. The fourth-order valence-corrected chi connectivity index (χ4v) is 3.98. The number of hydrogen-bond donors (Lipinski definition) is 0. The molecule has 0 saturated carbocycles. The molecule has 2 aromatic rings. The Hall–Kier alpha value is -1.87. The van der Waals surface area contributed by atoms with Crippen LogP contribution in [-0.2, 0) is 4.79 Å². The molecule has 0 N–H and O–H groups in total. The molecule has 2 aromatic heterocycles. The van der Waals surface area contributed by atoms with Crippen molar-refractivity contribution in [3.63, 3.8) is 0 Å². The van der Waals surface area contributed by atoms with Crippen LogP contribution in [-0.4, -0.2) is 63.7 Å². The van der Waals surface area contributed by atoms with Gasteiger partial charge in [0.05, 0.1) is 12.0 Å². The second kappa shape index (κ2) is 7.14. The molecule has 2 amide bonds. The molecule has 1 fully saturated rings. The number of aromatic nitrogens is 2. The van der Waals surface area contributed by atoms with Crippen LogP contribution < -0.4 is 0 Å². The predicted molar refractivity (Wildman–Crippen MR) is 86.6 cm³/mol. The Labute approximate surface area is 141 Å². The Balaban J connectivity index is 1.46. The summed E-state index contributed by atoms with van der Waals surface area (Å²) in [6.45, 7) is 4.02. The minimum absolute atomic E-state index is 0.0629. The summed E-state index contributed by atoms with van der Waals surface area (Å²) >= 11 is 2.89. The van der Waals surface area contributed by atoms with Gasteiger partial charge in [-0.05, 0) is 19.1 Å². The second-order valence-corrected chi connectivity index (χ2v) is 7.43. The van der Waals surface area contributed by atoms with Crippen LogP contribution in [0.25, 0.3) is 0 Å². The highest BCUT2D eigenvalue weighted by Gasteiger charge is 2.26. The number of aryl methyl sites for hydroxylation is 1. The van der Waals surface area contributed by atoms with Gasteiger partial charge in [0.15, 0.2) is 10.1 Å². The zero-order chi connectivity index (χ0) is 16.2. The lowest BCUT2D eigenvalue weighted by Crippen LogP contribution is -2.51. The number of nitrogens with zero attached hydrogens (tertiary/aromatic N) is 4. The first kappa shape index (κ1) is 16.0. The van der Waals surface area contributed by atoms with E-state index in [9.17, 15) is 9.59 Å². The molecule has 122 valence electrons. The first-order valence-corrected chi connectivity index (χ1v) is 8.97. The molecule has 0 aromatic carbocycles. The third-order valence-corrected chi connectivity index (χ3v) is 5.43. The molecule has 0 spiro atoms. The predicted octanol–water partition coefficient (Wildman–Crippen LogP) is 1.52. The van der Waals surface area contributed by atoms with Gasteiger partial charge in [-0.15, -0.1) is 10.2 Å². The average Bonchev–Trinajstić information content (AvgIpc) is 3.24. The number of rotatable bonds is 4. The summed E-state index contributed by atoms with van der Waals surface area (Å²) in [5, 5.41) is 8.82. The van der Waals surface area contributed by atoms with Gasteiger partial charge in [0.1, 0.15) is 5.01 Å². The van der Waals surface area contributed by atoms with Gasteiger partial charge in [-0.3, -0.25) is 9.59 Å². The third kappa shape index (κ3) is 3.91. The summed E-state index contributed by atoms with van der Waals surface area (Å²) in [6, 6.07) is 3.35. The standard InChI is InChI=1S/C14H16N4O3S2/c1-10-15-16-14(23-10)22-9-12(19)17-4-6-18(7-5-17)13(20)11-3-2-8-21-11/h2-3,8H,4-7,9H2,1H3. The number of carbonyl (C=O) groups excluding carboxylic acids is 2. The molecule has 0 bridgehead atoms. The van der Waals surface area contributed by atoms with Gasteiger partial charge in [-0.2, -0.15) is 0 Å². The van der Waals surface area contributed by atoms with Gasteiger partial charge in [-0.1, -0.05) is 23.1 Å². The zero-order valence-corrected chi connectivity index (χ0v) is 14.2. The van der Waals surface area contributed by atoms with E-state index >= 15 is 0 Å². The highest BCUT2D eigenvalue weighted by molar-refractivity contribution is 8.01. The van der Waals surface area contributed by atoms with Crippen molar-refractivity contribution in [2.75, 3.05) is 31.9 Å². The van der Waals surface area contributed by atoms with Gasteiger partial charge in [0.25, 0.3) is 5.91 Å². The van der Waals surface area contributed by atoms with Gasteiger partial charge in [0.2, 0.25) is 5.91 Å². The molecule has 1 aliphatic heterocycles. The van der Waals surface area contributed by atoms with Crippen molar-refractivity contribution >= 4 is 34.9 Å². The van der Waals surface area contributed by atoms with Crippen molar-refractivity contribution < 1.29 is 14.0 Å². The lowest BCUT2D eigenvalue weighted by Gasteiger charge is -2.34. The summed E-state index contributed by atoms with van der Waals surface area (Å²) < 4.78 is 5.93. The normalized spacial score (nSPS) is 15.0. The van der Waals surface area contributed by atoms with E-state index in [1.807, 2.05) is 6.92 Å². The van der Waals surface area contributed by atoms with Crippen molar-refractivity contribution in [2.45, 2.75) is 11.3 Å². The molecule has 3 rings (SSSR count). The topological polar surface area (TPSA) is 79.5 Å². The molecule has 0 atom stereocenters. The van der Waals surface area contributed by atoms with E-state index < -0.39 is 0 Å². The van der Waals surface area contributed by atoms with Crippen molar-refractivity contribution in [3.05, 3.63) is 29.2 Å². The van der Waals surface area contributed by atoms with Crippen LogP contribution in [0.5, 0.6) is 0 Å². The number of piperazine rings is 1. The Morgan fingerprint density at radius 2 is 2.00 bits per heavy atom. The monoisotopic (exact) mass is 352 g/mol. The maximum atomic E-state index is 12.2. The first-order chi connectivity index (χ1) is 11.1. The summed E-state index contributed by atoms with van der Waals surface area (Å²) in [5.41, 5.74) is 0. The van der Waals surface area contributed by atoms with Crippen molar-refractivity contribution in [2.24, 2.45) is 0 Å². The van der Waals surface area contributed by atoms with Crippen molar-refractivity contribution in [3.8, 4) is 0 Å². The number of hydrogen-bond acceptors (Lipinski definition) is 7. The lowest BCUT2D eigenvalue weighted by atomic mass is 10.3. The summed E-state index contributed by atoms with van der Waals surface area (Å²) in [5.74, 6) is 0.626. The lowest BCUT2D eigenvalue weighted by molar-refractivity contribution is -0.129. The summed E-state index contributed by atoms with van der Waals surface area (Å²) in [6.07, 6.45) is 1.49. The molecule has 1 aliphatic rings. The van der Waals surface area contributed by atoms with Crippen molar-refractivity contribution in [1.82, 2.24) is 20.0 Å². The Bertz CT molecular complexity index is 678. The zero-order valence-electron chi connectivity index (χ0n) is 12.6. The van der Waals surface area contributed by atoms with E-state index in [2.05, 4.69) is 10.2 Å². The fraction of sp³-hybridized carbons (Fsp3) is 0.429. The average molecular weight is 352 g/mol. The Kier molecular flexibility index (Phi) is 4.97. The Morgan fingerprint density at radius 1 is 1.26 bits per heavy atom. The van der Waals surface area contributed by atoms with Crippen LogP contribution in [0.3, 0.4) is 0 Å².